The van der Waals surface area contributed by atoms with Crippen molar-refractivity contribution in [2.45, 2.75) is 33.4 Å². The van der Waals surface area contributed by atoms with Crippen LogP contribution in [0.1, 0.15) is 36.5 Å². The van der Waals surface area contributed by atoms with Crippen LogP contribution in [0.4, 0.5) is 0 Å². The third-order valence-corrected chi connectivity index (χ3v) is 3.02. The summed E-state index contributed by atoms with van der Waals surface area (Å²) in [7, 11) is 0. The first-order chi connectivity index (χ1) is 9.70. The summed E-state index contributed by atoms with van der Waals surface area (Å²) in [4.78, 5) is 11.0. The average molecular weight is 273 g/mol. The highest BCUT2D eigenvalue weighted by molar-refractivity contribution is 5.73. The summed E-state index contributed by atoms with van der Waals surface area (Å²) in [5.74, 6) is 1.34. The highest BCUT2D eigenvalue weighted by Crippen LogP contribution is 2.13. The number of aryl methyl sites for hydroxylation is 1. The molecular formula is C15H19N3O2. The lowest BCUT2D eigenvalue weighted by Gasteiger charge is -2.10. The van der Waals surface area contributed by atoms with Gasteiger partial charge in [0.2, 0.25) is 0 Å². The van der Waals surface area contributed by atoms with Crippen molar-refractivity contribution >= 4 is 6.29 Å². The number of benzene rings is 1. The minimum absolute atomic E-state index is 0.295. The van der Waals surface area contributed by atoms with Crippen molar-refractivity contribution < 1.29 is 9.53 Å². The van der Waals surface area contributed by atoms with E-state index in [0.717, 1.165) is 30.7 Å². The molecule has 1 aromatic carbocycles. The van der Waals surface area contributed by atoms with E-state index < -0.39 is 0 Å². The standard InChI is InChI=1S/C15H19N3O2/c1-12(2)8-9-18-15(14(10-19)16-17-18)11-20-13-6-4-3-5-7-13/h3-7,10,12H,8-9,11H2,1-2H3. The second kappa shape index (κ2) is 6.84. The van der Waals surface area contributed by atoms with Crippen LogP contribution in [-0.2, 0) is 13.2 Å². The number of aromatic nitrogens is 3. The molecule has 5 heteroatoms. The minimum Gasteiger partial charge on any atom is -0.487 e. The minimum atomic E-state index is 0.295. The van der Waals surface area contributed by atoms with Crippen molar-refractivity contribution in [3.63, 3.8) is 0 Å². The number of hydrogen-bond donors (Lipinski definition) is 0. The number of carbonyl (C=O) groups excluding carboxylic acids is 1. The maximum atomic E-state index is 11.0. The second-order valence-electron chi connectivity index (χ2n) is 5.05. The van der Waals surface area contributed by atoms with Gasteiger partial charge in [0, 0.05) is 6.54 Å². The van der Waals surface area contributed by atoms with Crippen molar-refractivity contribution in [2.24, 2.45) is 5.92 Å². The smallest absolute Gasteiger partial charge is 0.172 e. The molecule has 0 saturated heterocycles. The van der Waals surface area contributed by atoms with Gasteiger partial charge in [-0.1, -0.05) is 37.3 Å². The summed E-state index contributed by atoms with van der Waals surface area (Å²) in [5.41, 5.74) is 1.08. The van der Waals surface area contributed by atoms with Gasteiger partial charge in [-0.2, -0.15) is 0 Å². The van der Waals surface area contributed by atoms with Gasteiger partial charge in [0.1, 0.15) is 18.1 Å². The SMILES string of the molecule is CC(C)CCn1nnc(C=O)c1COc1ccccc1. The summed E-state index contributed by atoms with van der Waals surface area (Å²) in [6.45, 7) is 5.34. The van der Waals surface area contributed by atoms with Gasteiger partial charge in [0.05, 0.1) is 0 Å². The Morgan fingerprint density at radius 1 is 1.30 bits per heavy atom. The molecule has 2 rings (SSSR count). The first-order valence-electron chi connectivity index (χ1n) is 6.76. The van der Waals surface area contributed by atoms with E-state index in [2.05, 4.69) is 24.2 Å². The average Bonchev–Trinajstić information content (AvgIpc) is 2.86. The quantitative estimate of drug-likeness (QED) is 0.728. The van der Waals surface area contributed by atoms with Gasteiger partial charge in [-0.15, -0.1) is 5.10 Å². The fourth-order valence-electron chi connectivity index (χ4n) is 1.81. The fraction of sp³-hybridized carbons (Fsp3) is 0.400. The summed E-state index contributed by atoms with van der Waals surface area (Å²) in [6.07, 6.45) is 1.71. The van der Waals surface area contributed by atoms with Gasteiger partial charge in [0.15, 0.2) is 12.0 Å². The number of ether oxygens (including phenoxy) is 1. The van der Waals surface area contributed by atoms with Crippen LogP contribution >= 0.6 is 0 Å². The van der Waals surface area contributed by atoms with E-state index in [4.69, 9.17) is 4.74 Å². The molecule has 0 saturated carbocycles. The Bertz CT molecular complexity index is 550. The van der Waals surface area contributed by atoms with Crippen molar-refractivity contribution in [1.82, 2.24) is 15.0 Å². The molecule has 20 heavy (non-hydrogen) atoms. The Morgan fingerprint density at radius 3 is 2.70 bits per heavy atom. The van der Waals surface area contributed by atoms with Crippen LogP contribution < -0.4 is 4.74 Å². The zero-order valence-corrected chi connectivity index (χ0v) is 11.8. The van der Waals surface area contributed by atoms with E-state index >= 15 is 0 Å². The molecule has 2 aromatic rings. The molecule has 1 aromatic heterocycles. The van der Waals surface area contributed by atoms with E-state index in [0.29, 0.717) is 18.2 Å². The van der Waals surface area contributed by atoms with E-state index in [9.17, 15) is 4.79 Å². The second-order valence-corrected chi connectivity index (χ2v) is 5.05. The van der Waals surface area contributed by atoms with Crippen LogP contribution in [0, 0.1) is 5.92 Å². The number of aldehydes is 1. The van der Waals surface area contributed by atoms with E-state index in [1.54, 1.807) is 4.68 Å². The van der Waals surface area contributed by atoms with E-state index in [1.165, 1.54) is 0 Å². The lowest BCUT2D eigenvalue weighted by atomic mass is 10.1. The highest BCUT2D eigenvalue weighted by Gasteiger charge is 2.13. The maximum Gasteiger partial charge on any atom is 0.172 e. The summed E-state index contributed by atoms with van der Waals surface area (Å²) in [5, 5.41) is 7.92. The molecule has 0 fully saturated rings. The molecule has 0 atom stereocenters. The maximum absolute atomic E-state index is 11.0. The zero-order valence-electron chi connectivity index (χ0n) is 11.8. The van der Waals surface area contributed by atoms with Crippen LogP contribution in [0.2, 0.25) is 0 Å². The molecular weight excluding hydrogens is 254 g/mol. The third-order valence-electron chi connectivity index (χ3n) is 3.02. The number of nitrogens with zero attached hydrogens (tertiary/aromatic N) is 3. The van der Waals surface area contributed by atoms with E-state index in [1.807, 2.05) is 30.3 Å². The van der Waals surface area contributed by atoms with Crippen LogP contribution in [0.3, 0.4) is 0 Å². The summed E-state index contributed by atoms with van der Waals surface area (Å²) in [6, 6.07) is 9.50. The van der Waals surface area contributed by atoms with Crippen LogP contribution in [-0.4, -0.2) is 21.3 Å². The molecule has 0 aliphatic heterocycles. The third kappa shape index (κ3) is 3.66. The number of hydrogen-bond acceptors (Lipinski definition) is 4. The van der Waals surface area contributed by atoms with Gasteiger partial charge in [-0.05, 0) is 24.5 Å². The van der Waals surface area contributed by atoms with Gasteiger partial charge >= 0.3 is 0 Å². The first-order valence-corrected chi connectivity index (χ1v) is 6.76. The van der Waals surface area contributed by atoms with Crippen molar-refractivity contribution in [2.75, 3.05) is 0 Å². The molecule has 0 spiro atoms. The van der Waals surface area contributed by atoms with Crippen molar-refractivity contribution in [3.8, 4) is 5.75 Å². The molecule has 0 bridgehead atoms. The molecule has 5 nitrogen and oxygen atoms in total. The normalized spacial score (nSPS) is 10.8. The fourth-order valence-corrected chi connectivity index (χ4v) is 1.81. The highest BCUT2D eigenvalue weighted by atomic mass is 16.5. The Labute approximate surface area is 118 Å². The largest absolute Gasteiger partial charge is 0.487 e. The molecule has 0 aliphatic rings. The lowest BCUT2D eigenvalue weighted by molar-refractivity contribution is 0.111. The monoisotopic (exact) mass is 273 g/mol. The Kier molecular flexibility index (Phi) is 4.87. The summed E-state index contributed by atoms with van der Waals surface area (Å²) >= 11 is 0. The predicted molar refractivity (Wildman–Crippen MR) is 75.6 cm³/mol. The summed E-state index contributed by atoms with van der Waals surface area (Å²) < 4.78 is 7.44. The van der Waals surface area contributed by atoms with E-state index in [-0.39, 0.29) is 0 Å². The van der Waals surface area contributed by atoms with Gasteiger partial charge < -0.3 is 4.74 Å². The molecule has 0 aliphatic carbocycles. The Balaban J connectivity index is 2.08. The number of para-hydroxylation sites is 1. The van der Waals surface area contributed by atoms with Gasteiger partial charge in [-0.25, -0.2) is 4.68 Å². The number of rotatable bonds is 7. The van der Waals surface area contributed by atoms with Crippen molar-refractivity contribution in [3.05, 3.63) is 41.7 Å². The van der Waals surface area contributed by atoms with Gasteiger partial charge in [-0.3, -0.25) is 4.79 Å². The molecule has 0 radical (unpaired) electrons. The Hall–Kier alpha value is -2.17. The number of carbonyl (C=O) groups is 1. The first kappa shape index (κ1) is 14.2. The predicted octanol–water partition coefficient (Wildman–Crippen LogP) is 2.72. The molecule has 0 amide bonds. The van der Waals surface area contributed by atoms with Crippen LogP contribution in [0.25, 0.3) is 0 Å². The van der Waals surface area contributed by atoms with Crippen LogP contribution in [0.15, 0.2) is 30.3 Å². The molecule has 0 N–H and O–H groups in total. The zero-order chi connectivity index (χ0) is 14.4. The van der Waals surface area contributed by atoms with Gasteiger partial charge in [0.25, 0.3) is 0 Å². The Morgan fingerprint density at radius 2 is 2.05 bits per heavy atom. The molecule has 106 valence electrons. The molecule has 0 unspecified atom stereocenters. The van der Waals surface area contributed by atoms with Crippen molar-refractivity contribution in [1.29, 1.82) is 0 Å². The topological polar surface area (TPSA) is 57.0 Å². The van der Waals surface area contributed by atoms with Crippen LogP contribution in [0.5, 0.6) is 5.75 Å². The molecule has 1 heterocycles. The lowest BCUT2D eigenvalue weighted by Crippen LogP contribution is -2.11.